The van der Waals surface area contributed by atoms with E-state index < -0.39 is 0 Å². The quantitative estimate of drug-likeness (QED) is 0.801. The zero-order valence-electron chi connectivity index (χ0n) is 14.2. The van der Waals surface area contributed by atoms with Crippen LogP contribution >= 0.6 is 0 Å². The number of hydrogen-bond donors (Lipinski definition) is 1. The van der Waals surface area contributed by atoms with Gasteiger partial charge in [0.15, 0.2) is 0 Å². The Hall–Kier alpha value is -2.79. The van der Waals surface area contributed by atoms with Gasteiger partial charge in [-0.2, -0.15) is 0 Å². The first-order chi connectivity index (χ1) is 12.2. The Bertz CT molecular complexity index is 949. The van der Waals surface area contributed by atoms with Crippen LogP contribution in [0.15, 0.2) is 53.6 Å². The highest BCUT2D eigenvalue weighted by molar-refractivity contribution is 5.54. The molecule has 126 valence electrons. The molecule has 0 aliphatic carbocycles. The molecule has 1 aliphatic heterocycles. The maximum atomic E-state index is 12.6. The first kappa shape index (κ1) is 15.7. The second kappa shape index (κ2) is 6.61. The molecule has 5 nitrogen and oxygen atoms in total. The van der Waals surface area contributed by atoms with E-state index in [4.69, 9.17) is 4.98 Å². The van der Waals surface area contributed by atoms with Crippen LogP contribution in [0.25, 0.3) is 11.4 Å². The molecule has 0 bridgehead atoms. The molecule has 2 aromatic heterocycles. The van der Waals surface area contributed by atoms with Crippen molar-refractivity contribution in [3.8, 4) is 11.4 Å². The van der Waals surface area contributed by atoms with Gasteiger partial charge in [-0.1, -0.05) is 30.3 Å². The minimum atomic E-state index is -0.0311. The van der Waals surface area contributed by atoms with E-state index in [0.29, 0.717) is 12.4 Å². The Kier molecular flexibility index (Phi) is 4.15. The lowest BCUT2D eigenvalue weighted by atomic mass is 10.0. The fraction of sp³-hybridized carbons (Fsp3) is 0.250. The van der Waals surface area contributed by atoms with Gasteiger partial charge in [-0.15, -0.1) is 0 Å². The van der Waals surface area contributed by atoms with Gasteiger partial charge >= 0.3 is 0 Å². The van der Waals surface area contributed by atoms with Gasteiger partial charge < -0.3 is 4.98 Å². The normalized spacial score (nSPS) is 14.3. The number of benzene rings is 1. The van der Waals surface area contributed by atoms with Crippen LogP contribution in [-0.4, -0.2) is 26.4 Å². The molecule has 1 aliphatic rings. The molecule has 0 fully saturated rings. The average molecular weight is 332 g/mol. The Balaban J connectivity index is 1.60. The fourth-order valence-corrected chi connectivity index (χ4v) is 3.25. The number of pyridine rings is 1. The molecule has 4 rings (SSSR count). The molecule has 0 atom stereocenters. The number of nitrogens with zero attached hydrogens (tertiary/aromatic N) is 3. The number of aromatic amines is 1. The molecule has 0 saturated carbocycles. The van der Waals surface area contributed by atoms with E-state index in [9.17, 15) is 4.79 Å². The molecule has 1 aromatic carbocycles. The highest BCUT2D eigenvalue weighted by atomic mass is 16.1. The minimum absolute atomic E-state index is 0.0311. The van der Waals surface area contributed by atoms with Gasteiger partial charge in [0.25, 0.3) is 5.56 Å². The zero-order chi connectivity index (χ0) is 17.2. The average Bonchev–Trinajstić information content (AvgIpc) is 2.65. The van der Waals surface area contributed by atoms with E-state index in [1.54, 1.807) is 0 Å². The molecule has 0 unspecified atom stereocenters. The smallest absolute Gasteiger partial charge is 0.255 e. The molecule has 1 N–H and O–H groups in total. The Labute approximate surface area is 146 Å². The van der Waals surface area contributed by atoms with Crippen LogP contribution in [0.4, 0.5) is 0 Å². The third-order valence-electron chi connectivity index (χ3n) is 4.74. The summed E-state index contributed by atoms with van der Waals surface area (Å²) in [5, 5.41) is 0. The van der Waals surface area contributed by atoms with Crippen LogP contribution in [0.2, 0.25) is 0 Å². The second-order valence-electron chi connectivity index (χ2n) is 6.47. The van der Waals surface area contributed by atoms with Gasteiger partial charge in [-0.05, 0) is 24.1 Å². The monoisotopic (exact) mass is 332 g/mol. The SMILES string of the molecule is Cc1ccncc1CN1CCc2nc(-c3ccccc3)[nH]c(=O)c2C1. The van der Waals surface area contributed by atoms with Crippen molar-refractivity contribution >= 4 is 0 Å². The summed E-state index contributed by atoms with van der Waals surface area (Å²) < 4.78 is 0. The molecule has 0 amide bonds. The summed E-state index contributed by atoms with van der Waals surface area (Å²) in [6, 6.07) is 11.8. The van der Waals surface area contributed by atoms with Gasteiger partial charge in [0.2, 0.25) is 0 Å². The third kappa shape index (κ3) is 3.23. The van der Waals surface area contributed by atoms with Gasteiger partial charge in [0, 0.05) is 44.0 Å². The van der Waals surface area contributed by atoms with Crippen molar-refractivity contribution in [2.24, 2.45) is 0 Å². The van der Waals surface area contributed by atoms with Crippen molar-refractivity contribution in [1.29, 1.82) is 0 Å². The van der Waals surface area contributed by atoms with Crippen LogP contribution in [-0.2, 0) is 19.5 Å². The Morgan fingerprint density at radius 3 is 2.84 bits per heavy atom. The number of hydrogen-bond acceptors (Lipinski definition) is 4. The highest BCUT2D eigenvalue weighted by Gasteiger charge is 2.21. The molecule has 3 heterocycles. The van der Waals surface area contributed by atoms with Gasteiger partial charge in [0.1, 0.15) is 5.82 Å². The van der Waals surface area contributed by atoms with Crippen molar-refractivity contribution in [2.75, 3.05) is 6.54 Å². The van der Waals surface area contributed by atoms with Crippen LogP contribution < -0.4 is 5.56 Å². The number of rotatable bonds is 3. The van der Waals surface area contributed by atoms with Crippen molar-refractivity contribution in [2.45, 2.75) is 26.4 Å². The molecule has 25 heavy (non-hydrogen) atoms. The third-order valence-corrected chi connectivity index (χ3v) is 4.74. The summed E-state index contributed by atoms with van der Waals surface area (Å²) in [6.45, 7) is 4.42. The molecule has 5 heteroatoms. The molecule has 0 spiro atoms. The van der Waals surface area contributed by atoms with Crippen LogP contribution in [0.5, 0.6) is 0 Å². The van der Waals surface area contributed by atoms with E-state index >= 15 is 0 Å². The van der Waals surface area contributed by atoms with Crippen molar-refractivity contribution in [3.05, 3.63) is 81.5 Å². The predicted octanol–water partition coefficient (Wildman–Crippen LogP) is 2.70. The lowest BCUT2D eigenvalue weighted by Crippen LogP contribution is -2.35. The van der Waals surface area contributed by atoms with E-state index in [0.717, 1.165) is 36.3 Å². The lowest BCUT2D eigenvalue weighted by molar-refractivity contribution is 0.241. The fourth-order valence-electron chi connectivity index (χ4n) is 3.25. The first-order valence-electron chi connectivity index (χ1n) is 8.50. The van der Waals surface area contributed by atoms with E-state index in [2.05, 4.69) is 21.8 Å². The van der Waals surface area contributed by atoms with Crippen LogP contribution in [0.3, 0.4) is 0 Å². The van der Waals surface area contributed by atoms with Crippen molar-refractivity contribution in [3.63, 3.8) is 0 Å². The number of aromatic nitrogens is 3. The number of aryl methyl sites for hydroxylation is 1. The summed E-state index contributed by atoms with van der Waals surface area (Å²) in [5.41, 5.74) is 5.05. The summed E-state index contributed by atoms with van der Waals surface area (Å²) in [4.78, 5) is 26.7. The Morgan fingerprint density at radius 2 is 2.04 bits per heavy atom. The molecular formula is C20H20N4O. The van der Waals surface area contributed by atoms with Gasteiger partial charge in [-0.25, -0.2) is 4.98 Å². The van der Waals surface area contributed by atoms with E-state index in [1.807, 2.05) is 48.8 Å². The van der Waals surface area contributed by atoms with Gasteiger partial charge in [-0.3, -0.25) is 14.7 Å². The van der Waals surface area contributed by atoms with E-state index in [-0.39, 0.29) is 5.56 Å². The number of fused-ring (bicyclic) bond motifs is 1. The summed E-state index contributed by atoms with van der Waals surface area (Å²) in [6.07, 6.45) is 4.51. The van der Waals surface area contributed by atoms with Crippen LogP contribution in [0, 0.1) is 6.92 Å². The number of H-pyrrole nitrogens is 1. The zero-order valence-corrected chi connectivity index (χ0v) is 14.2. The van der Waals surface area contributed by atoms with Crippen molar-refractivity contribution < 1.29 is 0 Å². The lowest BCUT2D eigenvalue weighted by Gasteiger charge is -2.28. The Morgan fingerprint density at radius 1 is 1.20 bits per heavy atom. The predicted molar refractivity (Wildman–Crippen MR) is 97.1 cm³/mol. The van der Waals surface area contributed by atoms with Crippen LogP contribution in [0.1, 0.15) is 22.4 Å². The van der Waals surface area contributed by atoms with E-state index in [1.165, 1.54) is 11.1 Å². The molecule has 0 saturated heterocycles. The van der Waals surface area contributed by atoms with Gasteiger partial charge in [0.05, 0.1) is 11.3 Å². The molecule has 0 radical (unpaired) electrons. The maximum absolute atomic E-state index is 12.6. The maximum Gasteiger partial charge on any atom is 0.255 e. The number of nitrogens with one attached hydrogen (secondary N) is 1. The van der Waals surface area contributed by atoms with Crippen molar-refractivity contribution in [1.82, 2.24) is 19.9 Å². The first-order valence-corrected chi connectivity index (χ1v) is 8.50. The highest BCUT2D eigenvalue weighted by Crippen LogP contribution is 2.20. The summed E-state index contributed by atoms with van der Waals surface area (Å²) in [5.74, 6) is 0.654. The standard InChI is InChI=1S/C20H20N4O/c1-14-7-9-21-11-16(14)12-24-10-8-18-17(13-24)20(25)23-19(22-18)15-5-3-2-4-6-15/h2-7,9,11H,8,10,12-13H2,1H3,(H,22,23,25). The largest absolute Gasteiger partial charge is 0.306 e. The molecule has 3 aromatic rings. The second-order valence-corrected chi connectivity index (χ2v) is 6.47. The summed E-state index contributed by atoms with van der Waals surface area (Å²) >= 11 is 0. The molecular weight excluding hydrogens is 312 g/mol. The summed E-state index contributed by atoms with van der Waals surface area (Å²) in [7, 11) is 0. The minimum Gasteiger partial charge on any atom is -0.306 e. The topological polar surface area (TPSA) is 61.9 Å².